The third kappa shape index (κ3) is 2.83. The number of halogens is 3. The van der Waals surface area contributed by atoms with E-state index in [1.54, 1.807) is 12.1 Å². The van der Waals surface area contributed by atoms with E-state index in [-0.39, 0.29) is 0 Å². The minimum Gasteiger partial charge on any atom is -0.315 e. The highest BCUT2D eigenvalue weighted by Gasteiger charge is 2.35. The smallest absolute Gasteiger partial charge is 0.315 e. The molecule has 110 valence electrons. The largest absolute Gasteiger partial charge is 0.416 e. The third-order valence-electron chi connectivity index (χ3n) is 4.46. The van der Waals surface area contributed by atoms with Gasteiger partial charge in [-0.05, 0) is 49.5 Å². The number of piperidine rings is 1. The van der Waals surface area contributed by atoms with Crippen LogP contribution >= 0.6 is 0 Å². The molecule has 2 fully saturated rings. The van der Waals surface area contributed by atoms with Gasteiger partial charge in [0.25, 0.3) is 0 Å². The topological polar surface area (TPSA) is 15.3 Å². The molecule has 20 heavy (non-hydrogen) atoms. The molecule has 0 aromatic heterocycles. The molecule has 2 unspecified atom stereocenters. The van der Waals surface area contributed by atoms with Gasteiger partial charge in [0.05, 0.1) is 5.56 Å². The number of nitrogens with zero attached hydrogens (tertiary/aromatic N) is 1. The first-order valence-electron chi connectivity index (χ1n) is 7.15. The van der Waals surface area contributed by atoms with Gasteiger partial charge in [-0.1, -0.05) is 12.1 Å². The van der Waals surface area contributed by atoms with Crippen LogP contribution in [0.1, 0.15) is 24.0 Å². The fraction of sp³-hybridized carbons (Fsp3) is 0.600. The molecule has 0 aliphatic carbocycles. The van der Waals surface area contributed by atoms with Crippen LogP contribution in [0.2, 0.25) is 0 Å². The van der Waals surface area contributed by atoms with Crippen molar-refractivity contribution in [1.82, 2.24) is 10.2 Å². The van der Waals surface area contributed by atoms with Crippen LogP contribution in [-0.4, -0.2) is 30.6 Å². The standard InChI is InChI=1S/C15H19F3N2/c16-15(17,18)13-5-3-11(4-6-13)10-20-7-1-2-12-8-19-9-14(12)20/h3-6,12,14,19H,1-2,7-10H2. The monoisotopic (exact) mass is 284 g/mol. The Morgan fingerprint density at radius 2 is 1.90 bits per heavy atom. The molecule has 0 saturated carbocycles. The zero-order chi connectivity index (χ0) is 14.2. The Labute approximate surface area is 117 Å². The van der Waals surface area contributed by atoms with E-state index in [4.69, 9.17) is 0 Å². The van der Waals surface area contributed by atoms with E-state index >= 15 is 0 Å². The first-order valence-corrected chi connectivity index (χ1v) is 7.15. The molecule has 0 spiro atoms. The molecule has 1 aromatic rings. The van der Waals surface area contributed by atoms with Gasteiger partial charge in [-0.25, -0.2) is 0 Å². The molecule has 0 amide bonds. The zero-order valence-corrected chi connectivity index (χ0v) is 11.3. The second kappa shape index (κ2) is 5.37. The molecule has 1 N–H and O–H groups in total. The van der Waals surface area contributed by atoms with E-state index in [0.29, 0.717) is 12.0 Å². The van der Waals surface area contributed by atoms with E-state index in [9.17, 15) is 13.2 Å². The van der Waals surface area contributed by atoms with Crippen molar-refractivity contribution in [3.05, 3.63) is 35.4 Å². The summed E-state index contributed by atoms with van der Waals surface area (Å²) in [7, 11) is 0. The van der Waals surface area contributed by atoms with Crippen molar-refractivity contribution in [2.75, 3.05) is 19.6 Å². The predicted octanol–water partition coefficient (Wildman–Crippen LogP) is 2.89. The highest BCUT2D eigenvalue weighted by molar-refractivity contribution is 5.24. The minimum atomic E-state index is -4.25. The summed E-state index contributed by atoms with van der Waals surface area (Å²) in [5.74, 6) is 0.707. The van der Waals surface area contributed by atoms with Gasteiger partial charge in [-0.3, -0.25) is 4.90 Å². The average Bonchev–Trinajstić information content (AvgIpc) is 2.88. The van der Waals surface area contributed by atoms with Crippen LogP contribution in [0, 0.1) is 5.92 Å². The number of hydrogen-bond donors (Lipinski definition) is 1. The van der Waals surface area contributed by atoms with Crippen molar-refractivity contribution >= 4 is 0 Å². The summed E-state index contributed by atoms with van der Waals surface area (Å²) in [5, 5.41) is 3.42. The molecule has 0 radical (unpaired) electrons. The summed E-state index contributed by atoms with van der Waals surface area (Å²) in [5.41, 5.74) is 0.394. The average molecular weight is 284 g/mol. The molecule has 5 heteroatoms. The van der Waals surface area contributed by atoms with Gasteiger partial charge in [-0.2, -0.15) is 13.2 Å². The van der Waals surface area contributed by atoms with Crippen LogP contribution in [0.5, 0.6) is 0 Å². The lowest BCUT2D eigenvalue weighted by Gasteiger charge is -2.37. The molecule has 2 atom stereocenters. The number of benzene rings is 1. The van der Waals surface area contributed by atoms with E-state index in [1.807, 2.05) is 0 Å². The van der Waals surface area contributed by atoms with Crippen molar-refractivity contribution < 1.29 is 13.2 Å². The van der Waals surface area contributed by atoms with Gasteiger partial charge >= 0.3 is 6.18 Å². The molecule has 2 heterocycles. The Kier molecular flexibility index (Phi) is 3.73. The van der Waals surface area contributed by atoms with Crippen molar-refractivity contribution in [3.8, 4) is 0 Å². The summed E-state index contributed by atoms with van der Waals surface area (Å²) < 4.78 is 37.6. The van der Waals surface area contributed by atoms with Gasteiger partial charge in [-0.15, -0.1) is 0 Å². The SMILES string of the molecule is FC(F)(F)c1ccc(CN2CCCC3CNCC32)cc1. The van der Waals surface area contributed by atoms with Crippen molar-refractivity contribution in [2.45, 2.75) is 31.6 Å². The van der Waals surface area contributed by atoms with Crippen LogP contribution in [0.25, 0.3) is 0 Å². The van der Waals surface area contributed by atoms with Gasteiger partial charge in [0.1, 0.15) is 0 Å². The molecule has 0 bridgehead atoms. The summed E-state index contributed by atoms with van der Waals surface area (Å²) in [6, 6.07) is 6.13. The normalized spacial score (nSPS) is 27.6. The van der Waals surface area contributed by atoms with Gasteiger partial charge < -0.3 is 5.32 Å². The number of rotatable bonds is 2. The summed E-state index contributed by atoms with van der Waals surface area (Å²) in [4.78, 5) is 2.41. The molecular formula is C15H19F3N2. The van der Waals surface area contributed by atoms with E-state index in [0.717, 1.165) is 31.7 Å². The Morgan fingerprint density at radius 1 is 1.15 bits per heavy atom. The number of alkyl halides is 3. The van der Waals surface area contributed by atoms with E-state index in [1.165, 1.54) is 25.0 Å². The van der Waals surface area contributed by atoms with Crippen molar-refractivity contribution in [1.29, 1.82) is 0 Å². The molecule has 2 aliphatic rings. The summed E-state index contributed by atoms with van der Waals surface area (Å²) >= 11 is 0. The fourth-order valence-electron chi connectivity index (χ4n) is 3.39. The number of fused-ring (bicyclic) bond motifs is 1. The minimum absolute atomic E-state index is 0.547. The molecule has 1 aromatic carbocycles. The molecular weight excluding hydrogens is 265 g/mol. The Bertz CT molecular complexity index is 455. The predicted molar refractivity (Wildman–Crippen MR) is 71.2 cm³/mol. The van der Waals surface area contributed by atoms with E-state index < -0.39 is 11.7 Å². The summed E-state index contributed by atoms with van der Waals surface area (Å²) in [6.07, 6.45) is -1.80. The zero-order valence-electron chi connectivity index (χ0n) is 11.3. The van der Waals surface area contributed by atoms with Crippen LogP contribution in [0.3, 0.4) is 0 Å². The number of hydrogen-bond acceptors (Lipinski definition) is 2. The highest BCUT2D eigenvalue weighted by Crippen LogP contribution is 2.30. The maximum absolute atomic E-state index is 12.5. The lowest BCUT2D eigenvalue weighted by molar-refractivity contribution is -0.137. The first kappa shape index (κ1) is 13.9. The van der Waals surface area contributed by atoms with Gasteiger partial charge in [0.15, 0.2) is 0 Å². The molecule has 2 saturated heterocycles. The van der Waals surface area contributed by atoms with Crippen LogP contribution in [0.15, 0.2) is 24.3 Å². The Morgan fingerprint density at radius 3 is 2.60 bits per heavy atom. The lowest BCUT2D eigenvalue weighted by atomic mass is 9.91. The van der Waals surface area contributed by atoms with E-state index in [2.05, 4.69) is 10.2 Å². The Balaban J connectivity index is 1.68. The number of likely N-dealkylation sites (tertiary alicyclic amines) is 1. The molecule has 2 nitrogen and oxygen atoms in total. The fourth-order valence-corrected chi connectivity index (χ4v) is 3.39. The molecule has 3 rings (SSSR count). The summed E-state index contributed by atoms with van der Waals surface area (Å²) in [6.45, 7) is 3.88. The van der Waals surface area contributed by atoms with Gasteiger partial charge in [0.2, 0.25) is 0 Å². The second-order valence-corrected chi connectivity index (χ2v) is 5.79. The second-order valence-electron chi connectivity index (χ2n) is 5.79. The lowest BCUT2D eigenvalue weighted by Crippen LogP contribution is -2.44. The van der Waals surface area contributed by atoms with Gasteiger partial charge in [0, 0.05) is 19.1 Å². The van der Waals surface area contributed by atoms with Crippen molar-refractivity contribution in [3.63, 3.8) is 0 Å². The van der Waals surface area contributed by atoms with Crippen LogP contribution < -0.4 is 5.32 Å². The quantitative estimate of drug-likeness (QED) is 0.898. The van der Waals surface area contributed by atoms with Crippen molar-refractivity contribution in [2.24, 2.45) is 5.92 Å². The first-order chi connectivity index (χ1) is 9.54. The Hall–Kier alpha value is -1.07. The maximum atomic E-state index is 12.5. The van der Waals surface area contributed by atoms with Crippen LogP contribution in [0.4, 0.5) is 13.2 Å². The third-order valence-corrected chi connectivity index (χ3v) is 4.46. The maximum Gasteiger partial charge on any atom is 0.416 e. The number of nitrogens with one attached hydrogen (secondary N) is 1. The highest BCUT2D eigenvalue weighted by atomic mass is 19.4. The molecule has 2 aliphatic heterocycles. The van der Waals surface area contributed by atoms with Crippen LogP contribution in [-0.2, 0) is 12.7 Å².